The Morgan fingerprint density at radius 2 is 1.90 bits per heavy atom. The van der Waals surface area contributed by atoms with Crippen molar-refractivity contribution in [3.8, 4) is 0 Å². The van der Waals surface area contributed by atoms with Crippen LogP contribution < -0.4 is 0 Å². The highest BCUT2D eigenvalue weighted by Crippen LogP contribution is 2.09. The second kappa shape index (κ2) is 8.02. The third kappa shape index (κ3) is 4.62. The molecule has 4 heteroatoms. The van der Waals surface area contributed by atoms with Gasteiger partial charge in [-0.15, -0.1) is 0 Å². The molecule has 0 bridgehead atoms. The summed E-state index contributed by atoms with van der Waals surface area (Å²) in [5.74, 6) is -0.0939. The van der Waals surface area contributed by atoms with Gasteiger partial charge < -0.3 is 4.90 Å². The standard InChI is InChI=1S/C16H24N2O2/c1-17(16(19)15-9-4-2-5-10-15)20-14-8-13-18-11-6-3-7-12-18/h2,4-5,9-10H,3,6-8,11-14H2,1H3. The molecule has 20 heavy (non-hydrogen) atoms. The van der Waals surface area contributed by atoms with Crippen LogP contribution in [0, 0.1) is 0 Å². The molecule has 1 amide bonds. The Kier molecular flexibility index (Phi) is 6.02. The van der Waals surface area contributed by atoms with Crippen molar-refractivity contribution in [2.24, 2.45) is 0 Å². The smallest absolute Gasteiger partial charge is 0.277 e. The van der Waals surface area contributed by atoms with Crippen molar-refractivity contribution in [1.29, 1.82) is 0 Å². The molecule has 2 rings (SSSR count). The van der Waals surface area contributed by atoms with E-state index in [2.05, 4.69) is 4.90 Å². The van der Waals surface area contributed by atoms with Crippen molar-refractivity contribution in [3.05, 3.63) is 35.9 Å². The number of likely N-dealkylation sites (tertiary alicyclic amines) is 1. The molecule has 0 radical (unpaired) electrons. The fraction of sp³-hybridized carbons (Fsp3) is 0.562. The Morgan fingerprint density at radius 3 is 2.60 bits per heavy atom. The van der Waals surface area contributed by atoms with E-state index in [-0.39, 0.29) is 5.91 Å². The molecular formula is C16H24N2O2. The van der Waals surface area contributed by atoms with E-state index in [0.717, 1.165) is 13.0 Å². The lowest BCUT2D eigenvalue weighted by molar-refractivity contribution is -0.107. The van der Waals surface area contributed by atoms with E-state index in [1.807, 2.05) is 18.2 Å². The van der Waals surface area contributed by atoms with Gasteiger partial charge in [0.25, 0.3) is 5.91 Å². The van der Waals surface area contributed by atoms with Gasteiger partial charge >= 0.3 is 0 Å². The summed E-state index contributed by atoms with van der Waals surface area (Å²) < 4.78 is 0. The molecule has 0 aromatic heterocycles. The number of rotatable bonds is 6. The highest BCUT2D eigenvalue weighted by molar-refractivity contribution is 5.93. The fourth-order valence-electron chi connectivity index (χ4n) is 2.49. The second-order valence-electron chi connectivity index (χ2n) is 5.26. The number of hydrogen-bond donors (Lipinski definition) is 0. The first-order valence-electron chi connectivity index (χ1n) is 7.46. The van der Waals surface area contributed by atoms with Gasteiger partial charge in [0, 0.05) is 19.2 Å². The SMILES string of the molecule is CN(OCCCN1CCCCC1)C(=O)c1ccccc1. The lowest BCUT2D eigenvalue weighted by Gasteiger charge is -2.26. The molecule has 0 unspecified atom stereocenters. The van der Waals surface area contributed by atoms with Crippen molar-refractivity contribution in [1.82, 2.24) is 9.96 Å². The van der Waals surface area contributed by atoms with Crippen molar-refractivity contribution in [2.45, 2.75) is 25.7 Å². The maximum absolute atomic E-state index is 12.0. The first-order valence-corrected chi connectivity index (χ1v) is 7.46. The summed E-state index contributed by atoms with van der Waals surface area (Å²) >= 11 is 0. The summed E-state index contributed by atoms with van der Waals surface area (Å²) in [4.78, 5) is 20.0. The van der Waals surface area contributed by atoms with Crippen LogP contribution in [0.15, 0.2) is 30.3 Å². The molecule has 1 aliphatic rings. The zero-order valence-corrected chi connectivity index (χ0v) is 12.3. The Balaban J connectivity index is 1.64. The molecule has 1 aromatic carbocycles. The topological polar surface area (TPSA) is 32.8 Å². The average molecular weight is 276 g/mol. The van der Waals surface area contributed by atoms with Gasteiger partial charge in [0.2, 0.25) is 0 Å². The average Bonchev–Trinajstić information content (AvgIpc) is 2.52. The molecule has 110 valence electrons. The van der Waals surface area contributed by atoms with Crippen LogP contribution in [-0.2, 0) is 4.84 Å². The molecule has 0 N–H and O–H groups in total. The molecule has 0 saturated carbocycles. The first kappa shape index (κ1) is 15.0. The molecule has 1 fully saturated rings. The molecule has 1 aliphatic heterocycles. The van der Waals surface area contributed by atoms with E-state index in [1.165, 1.54) is 37.4 Å². The number of nitrogens with zero attached hydrogens (tertiary/aromatic N) is 2. The van der Waals surface area contributed by atoms with Gasteiger partial charge in [0.15, 0.2) is 0 Å². The van der Waals surface area contributed by atoms with Gasteiger partial charge in [-0.2, -0.15) is 0 Å². The number of hydroxylamine groups is 2. The lowest BCUT2D eigenvalue weighted by atomic mass is 10.1. The predicted molar refractivity (Wildman–Crippen MR) is 79.4 cm³/mol. The summed E-state index contributed by atoms with van der Waals surface area (Å²) in [5.41, 5.74) is 0.658. The number of hydrogen-bond acceptors (Lipinski definition) is 3. The van der Waals surface area contributed by atoms with E-state index >= 15 is 0 Å². The molecule has 0 spiro atoms. The van der Waals surface area contributed by atoms with Crippen molar-refractivity contribution in [3.63, 3.8) is 0 Å². The minimum Gasteiger partial charge on any atom is -0.303 e. The molecule has 4 nitrogen and oxygen atoms in total. The van der Waals surface area contributed by atoms with E-state index in [4.69, 9.17) is 4.84 Å². The Bertz CT molecular complexity index is 402. The zero-order chi connectivity index (χ0) is 14.2. The van der Waals surface area contributed by atoms with Crippen LogP contribution in [0.4, 0.5) is 0 Å². The molecule has 1 saturated heterocycles. The van der Waals surface area contributed by atoms with E-state index in [0.29, 0.717) is 12.2 Å². The molecule has 0 atom stereocenters. The number of carbonyl (C=O) groups is 1. The Labute approximate surface area is 121 Å². The van der Waals surface area contributed by atoms with Crippen LogP contribution in [0.1, 0.15) is 36.0 Å². The van der Waals surface area contributed by atoms with E-state index in [1.54, 1.807) is 19.2 Å². The number of carbonyl (C=O) groups excluding carboxylic acids is 1. The highest BCUT2D eigenvalue weighted by Gasteiger charge is 2.12. The minimum atomic E-state index is -0.0939. The summed E-state index contributed by atoms with van der Waals surface area (Å²) in [5, 5.41) is 1.34. The van der Waals surface area contributed by atoms with Crippen LogP contribution in [0.3, 0.4) is 0 Å². The lowest BCUT2D eigenvalue weighted by Crippen LogP contribution is -2.32. The Morgan fingerprint density at radius 1 is 1.20 bits per heavy atom. The van der Waals surface area contributed by atoms with Crippen LogP contribution >= 0.6 is 0 Å². The third-order valence-corrected chi connectivity index (χ3v) is 3.66. The summed E-state index contributed by atoms with van der Waals surface area (Å²) in [6.45, 7) is 4.07. The van der Waals surface area contributed by atoms with Gasteiger partial charge in [-0.3, -0.25) is 9.63 Å². The quantitative estimate of drug-likeness (QED) is 0.591. The van der Waals surface area contributed by atoms with Crippen LogP contribution in [0.5, 0.6) is 0 Å². The Hall–Kier alpha value is -1.39. The van der Waals surface area contributed by atoms with E-state index in [9.17, 15) is 4.79 Å². The predicted octanol–water partition coefficient (Wildman–Crippen LogP) is 2.57. The number of piperidine rings is 1. The third-order valence-electron chi connectivity index (χ3n) is 3.66. The van der Waals surface area contributed by atoms with Crippen molar-refractivity contribution >= 4 is 5.91 Å². The van der Waals surface area contributed by atoms with Crippen molar-refractivity contribution in [2.75, 3.05) is 33.3 Å². The molecule has 0 aliphatic carbocycles. The largest absolute Gasteiger partial charge is 0.303 e. The van der Waals surface area contributed by atoms with Gasteiger partial charge in [0.1, 0.15) is 0 Å². The first-order chi connectivity index (χ1) is 9.77. The molecule has 1 aromatic rings. The fourth-order valence-corrected chi connectivity index (χ4v) is 2.49. The normalized spacial score (nSPS) is 16.1. The zero-order valence-electron chi connectivity index (χ0n) is 12.3. The van der Waals surface area contributed by atoms with Gasteiger partial charge in [-0.1, -0.05) is 24.6 Å². The van der Waals surface area contributed by atoms with E-state index < -0.39 is 0 Å². The summed E-state index contributed by atoms with van der Waals surface area (Å²) in [7, 11) is 1.68. The molecular weight excluding hydrogens is 252 g/mol. The molecule has 1 heterocycles. The minimum absolute atomic E-state index is 0.0939. The highest BCUT2D eigenvalue weighted by atomic mass is 16.7. The maximum Gasteiger partial charge on any atom is 0.277 e. The summed E-state index contributed by atoms with van der Waals surface area (Å²) in [6.07, 6.45) is 4.95. The number of amides is 1. The monoisotopic (exact) mass is 276 g/mol. The second-order valence-corrected chi connectivity index (χ2v) is 5.26. The van der Waals surface area contributed by atoms with Gasteiger partial charge in [-0.25, -0.2) is 5.06 Å². The van der Waals surface area contributed by atoms with Crippen LogP contribution in [0.2, 0.25) is 0 Å². The summed E-state index contributed by atoms with van der Waals surface area (Å²) in [6, 6.07) is 9.22. The number of benzene rings is 1. The van der Waals surface area contributed by atoms with Gasteiger partial charge in [-0.05, 0) is 44.5 Å². The maximum atomic E-state index is 12.0. The van der Waals surface area contributed by atoms with Crippen molar-refractivity contribution < 1.29 is 9.63 Å². The van der Waals surface area contributed by atoms with Crippen LogP contribution in [0.25, 0.3) is 0 Å². The van der Waals surface area contributed by atoms with Crippen LogP contribution in [-0.4, -0.2) is 49.2 Å². The van der Waals surface area contributed by atoms with Gasteiger partial charge in [0.05, 0.1) is 6.61 Å².